The van der Waals surface area contributed by atoms with Crippen molar-refractivity contribution in [3.05, 3.63) is 19.9 Å². The van der Waals surface area contributed by atoms with Crippen molar-refractivity contribution in [2.24, 2.45) is 0 Å². The number of halogens is 3. The van der Waals surface area contributed by atoms with Gasteiger partial charge in [0.15, 0.2) is 0 Å². The van der Waals surface area contributed by atoms with E-state index in [9.17, 15) is 8.42 Å². The van der Waals surface area contributed by atoms with Crippen LogP contribution < -0.4 is 0 Å². The molecule has 0 fully saturated rings. The second-order valence-electron chi connectivity index (χ2n) is 2.30. The first-order valence-electron chi connectivity index (χ1n) is 3.06. The molecule has 0 radical (unpaired) electrons. The highest BCUT2D eigenvalue weighted by atomic mass is 79.9. The van der Waals surface area contributed by atoms with Gasteiger partial charge in [0.2, 0.25) is 0 Å². The Bertz CT molecular complexity index is 422. The Balaban J connectivity index is 3.27. The van der Waals surface area contributed by atoms with E-state index in [1.165, 1.54) is 6.08 Å². The molecule has 0 N–H and O–H groups in total. The molecule has 0 aromatic carbocycles. The van der Waals surface area contributed by atoms with Crippen LogP contribution in [0.25, 0.3) is 0 Å². The maximum Gasteiger partial charge on any atom is 0.262 e. The number of thiocarbonyl (C=S) groups is 1. The summed E-state index contributed by atoms with van der Waals surface area (Å²) in [4.78, 5) is 0.323. The van der Waals surface area contributed by atoms with Gasteiger partial charge < -0.3 is 0 Å². The molecule has 72 valence electrons. The molecule has 1 rings (SSSR count). The van der Waals surface area contributed by atoms with Crippen molar-refractivity contribution in [3.8, 4) is 0 Å². The van der Waals surface area contributed by atoms with E-state index in [0.717, 1.165) is 4.48 Å². The molecule has 2 nitrogen and oxygen atoms in total. The fourth-order valence-electron chi connectivity index (χ4n) is 0.793. The van der Waals surface area contributed by atoms with Crippen molar-refractivity contribution in [2.45, 2.75) is 6.42 Å². The summed E-state index contributed by atoms with van der Waals surface area (Å²) in [6, 6.07) is 0. The van der Waals surface area contributed by atoms with Crippen LogP contribution in [0.3, 0.4) is 0 Å². The topological polar surface area (TPSA) is 34.1 Å². The van der Waals surface area contributed by atoms with Gasteiger partial charge in [-0.15, -0.1) is 0 Å². The van der Waals surface area contributed by atoms with Crippen LogP contribution in [0, 0.1) is 0 Å². The first-order valence-corrected chi connectivity index (χ1v) is 7.36. The van der Waals surface area contributed by atoms with Gasteiger partial charge in [0.1, 0.15) is 0 Å². The van der Waals surface area contributed by atoms with Crippen LogP contribution in [0.1, 0.15) is 6.42 Å². The normalized spacial score (nSPS) is 19.0. The lowest BCUT2D eigenvalue weighted by atomic mass is 10.2. The molecule has 1 aliphatic rings. The molecular formula is C6H3Br2ClO2S2. The molecule has 0 saturated carbocycles. The quantitative estimate of drug-likeness (QED) is 0.528. The monoisotopic (exact) mass is 364 g/mol. The molecule has 0 spiro atoms. The zero-order valence-corrected chi connectivity index (χ0v) is 11.6. The fourth-order valence-corrected chi connectivity index (χ4v) is 3.58. The molecular weight excluding hydrogens is 363 g/mol. The summed E-state index contributed by atoms with van der Waals surface area (Å²) in [5.41, 5.74) is 0. The summed E-state index contributed by atoms with van der Waals surface area (Å²) in [6.07, 6.45) is 1.78. The first-order chi connectivity index (χ1) is 5.82. The van der Waals surface area contributed by atoms with E-state index in [1.54, 1.807) is 0 Å². The van der Waals surface area contributed by atoms with Gasteiger partial charge in [0.25, 0.3) is 9.05 Å². The molecule has 0 aromatic rings. The lowest BCUT2D eigenvalue weighted by Crippen LogP contribution is -2.10. The molecule has 0 heterocycles. The van der Waals surface area contributed by atoms with Gasteiger partial charge >= 0.3 is 0 Å². The second-order valence-corrected chi connectivity index (χ2v) is 7.14. The summed E-state index contributed by atoms with van der Waals surface area (Å²) < 4.78 is 23.5. The molecule has 0 atom stereocenters. The predicted octanol–water partition coefficient (Wildman–Crippen LogP) is 3.21. The van der Waals surface area contributed by atoms with E-state index in [1.807, 2.05) is 0 Å². The molecule has 0 amide bonds. The zero-order chi connectivity index (χ0) is 10.2. The van der Waals surface area contributed by atoms with Gasteiger partial charge in [0.05, 0.1) is 4.91 Å². The highest BCUT2D eigenvalue weighted by molar-refractivity contribution is 9.14. The Hall–Kier alpha value is 0.770. The minimum atomic E-state index is -3.72. The van der Waals surface area contributed by atoms with Crippen molar-refractivity contribution < 1.29 is 8.42 Å². The fraction of sp³-hybridized carbons (Fsp3) is 0.167. The Morgan fingerprint density at radius 3 is 2.46 bits per heavy atom. The Kier molecular flexibility index (Phi) is 3.74. The number of allylic oxidation sites excluding steroid dienone is 4. The summed E-state index contributed by atoms with van der Waals surface area (Å²) >= 11 is 11.3. The SMILES string of the molecule is O=S(=O)(Cl)C1=CC(Br)=C(Br)CC1=S. The summed E-state index contributed by atoms with van der Waals surface area (Å²) in [5, 5.41) is 0. The molecule has 0 aromatic heterocycles. The van der Waals surface area contributed by atoms with E-state index in [2.05, 4.69) is 31.9 Å². The molecule has 0 bridgehead atoms. The minimum Gasteiger partial charge on any atom is -0.207 e. The number of rotatable bonds is 1. The lowest BCUT2D eigenvalue weighted by Gasteiger charge is -2.11. The van der Waals surface area contributed by atoms with E-state index in [0.29, 0.717) is 15.8 Å². The Morgan fingerprint density at radius 2 is 2.00 bits per heavy atom. The Morgan fingerprint density at radius 1 is 1.46 bits per heavy atom. The Labute approximate surface area is 103 Å². The smallest absolute Gasteiger partial charge is 0.207 e. The van der Waals surface area contributed by atoms with Gasteiger partial charge in [-0.1, -0.05) is 28.1 Å². The molecule has 0 unspecified atom stereocenters. The van der Waals surface area contributed by atoms with Crippen LogP contribution in [0.15, 0.2) is 19.9 Å². The van der Waals surface area contributed by atoms with Crippen LogP contribution in [-0.4, -0.2) is 13.3 Å². The summed E-state index contributed by atoms with van der Waals surface area (Å²) in [5.74, 6) is 0. The van der Waals surface area contributed by atoms with Gasteiger partial charge in [-0.25, -0.2) is 8.42 Å². The predicted molar refractivity (Wildman–Crippen MR) is 65.0 cm³/mol. The lowest BCUT2D eigenvalue weighted by molar-refractivity contribution is 0.616. The van der Waals surface area contributed by atoms with Gasteiger partial charge in [-0.3, -0.25) is 0 Å². The molecule has 7 heteroatoms. The van der Waals surface area contributed by atoms with Gasteiger partial charge in [0, 0.05) is 30.9 Å². The van der Waals surface area contributed by atoms with Crippen LogP contribution in [0.2, 0.25) is 0 Å². The van der Waals surface area contributed by atoms with Crippen LogP contribution >= 0.6 is 54.8 Å². The standard InChI is InChI=1S/C6H3Br2ClO2S2/c7-3-1-5(12)6(2-4(3)8)13(9,10)11/h2H,1H2. The molecule has 13 heavy (non-hydrogen) atoms. The first kappa shape index (κ1) is 11.8. The minimum absolute atomic E-state index is 0.000702. The third-order valence-corrected chi connectivity index (χ3v) is 5.20. The van der Waals surface area contributed by atoms with Crippen molar-refractivity contribution >= 4 is 68.7 Å². The summed E-state index contributed by atoms with van der Waals surface area (Å²) in [6.45, 7) is 0. The zero-order valence-electron chi connectivity index (χ0n) is 6.05. The molecule has 0 saturated heterocycles. The summed E-state index contributed by atoms with van der Waals surface area (Å²) in [7, 11) is 1.45. The van der Waals surface area contributed by atoms with Crippen molar-refractivity contribution in [2.75, 3.05) is 0 Å². The highest BCUT2D eigenvalue weighted by Gasteiger charge is 2.24. The van der Waals surface area contributed by atoms with Gasteiger partial charge in [-0.05, 0) is 22.0 Å². The maximum atomic E-state index is 11.0. The van der Waals surface area contributed by atoms with E-state index in [4.69, 9.17) is 22.9 Å². The molecule has 0 aliphatic heterocycles. The third kappa shape index (κ3) is 2.86. The van der Waals surface area contributed by atoms with Gasteiger partial charge in [-0.2, -0.15) is 0 Å². The molecule has 1 aliphatic carbocycles. The van der Waals surface area contributed by atoms with Crippen LogP contribution in [-0.2, 0) is 9.05 Å². The average molecular weight is 366 g/mol. The van der Waals surface area contributed by atoms with E-state index < -0.39 is 9.05 Å². The van der Waals surface area contributed by atoms with E-state index >= 15 is 0 Å². The van der Waals surface area contributed by atoms with Crippen molar-refractivity contribution in [3.63, 3.8) is 0 Å². The van der Waals surface area contributed by atoms with Crippen LogP contribution in [0.4, 0.5) is 0 Å². The number of hydrogen-bond donors (Lipinski definition) is 0. The third-order valence-electron chi connectivity index (χ3n) is 1.37. The largest absolute Gasteiger partial charge is 0.262 e. The maximum absolute atomic E-state index is 11.0. The van der Waals surface area contributed by atoms with Crippen LogP contribution in [0.5, 0.6) is 0 Å². The van der Waals surface area contributed by atoms with Crippen molar-refractivity contribution in [1.82, 2.24) is 0 Å². The van der Waals surface area contributed by atoms with Crippen molar-refractivity contribution in [1.29, 1.82) is 0 Å². The highest BCUT2D eigenvalue weighted by Crippen LogP contribution is 2.33. The van der Waals surface area contributed by atoms with E-state index in [-0.39, 0.29) is 4.91 Å². The second kappa shape index (κ2) is 4.10. The number of hydrogen-bond acceptors (Lipinski definition) is 3. The average Bonchev–Trinajstić information content (AvgIpc) is 1.94.